The molecular weight excluding hydrogens is 242 g/mol. The lowest BCUT2D eigenvalue weighted by atomic mass is 10.1. The highest BCUT2D eigenvalue weighted by Crippen LogP contribution is 2.21. The lowest BCUT2D eigenvalue weighted by Gasteiger charge is -2.20. The molecule has 0 aromatic heterocycles. The third-order valence-electron chi connectivity index (χ3n) is 3.20. The number of carbonyl (C=O) groups excluding carboxylic acids is 1. The van der Waals surface area contributed by atoms with E-state index in [0.29, 0.717) is 6.42 Å². The Hall–Kier alpha value is -2.10. The van der Waals surface area contributed by atoms with Gasteiger partial charge >= 0.3 is 5.97 Å². The Balaban J connectivity index is 2.12. The van der Waals surface area contributed by atoms with Gasteiger partial charge in [0.1, 0.15) is 0 Å². The van der Waals surface area contributed by atoms with Gasteiger partial charge in [-0.15, -0.1) is 0 Å². The Kier molecular flexibility index (Phi) is 4.34. The van der Waals surface area contributed by atoms with Crippen LogP contribution < -0.4 is 4.90 Å². The molecule has 4 nitrogen and oxygen atoms in total. The van der Waals surface area contributed by atoms with Crippen molar-refractivity contribution >= 4 is 23.6 Å². The highest BCUT2D eigenvalue weighted by Gasteiger charge is 2.17. The van der Waals surface area contributed by atoms with Crippen molar-refractivity contribution in [3.05, 3.63) is 35.9 Å². The van der Waals surface area contributed by atoms with Crippen LogP contribution in [0.15, 0.2) is 30.3 Å². The number of benzene rings is 1. The molecule has 0 unspecified atom stereocenters. The van der Waals surface area contributed by atoms with Gasteiger partial charge in [0.05, 0.1) is 0 Å². The summed E-state index contributed by atoms with van der Waals surface area (Å²) < 4.78 is 0. The molecule has 0 atom stereocenters. The van der Waals surface area contributed by atoms with E-state index in [1.807, 2.05) is 29.2 Å². The van der Waals surface area contributed by atoms with E-state index in [0.717, 1.165) is 43.1 Å². The molecule has 100 valence electrons. The van der Waals surface area contributed by atoms with Gasteiger partial charge in [0.25, 0.3) is 0 Å². The van der Waals surface area contributed by atoms with Crippen molar-refractivity contribution in [1.29, 1.82) is 0 Å². The number of carboxylic acids is 1. The number of aliphatic carboxylic acids is 1. The molecule has 0 spiro atoms. The molecule has 19 heavy (non-hydrogen) atoms. The molecule has 0 radical (unpaired) electrons. The summed E-state index contributed by atoms with van der Waals surface area (Å²) in [4.78, 5) is 24.2. The standard InChI is InChI=1S/C15H17NO3/c17-14-4-2-1-3-11-16(14)13-8-5-12(6-9-13)7-10-15(18)19/h5-10H,1-4,11H2,(H,18,19). The molecule has 1 aromatic carbocycles. The van der Waals surface area contributed by atoms with Crippen LogP contribution in [-0.4, -0.2) is 23.5 Å². The molecule has 0 saturated carbocycles. The largest absolute Gasteiger partial charge is 0.478 e. The van der Waals surface area contributed by atoms with Crippen LogP contribution in [0.3, 0.4) is 0 Å². The van der Waals surface area contributed by atoms with E-state index < -0.39 is 5.97 Å². The number of anilines is 1. The Morgan fingerprint density at radius 3 is 2.58 bits per heavy atom. The summed E-state index contributed by atoms with van der Waals surface area (Å²) in [5.41, 5.74) is 1.70. The molecule has 4 heteroatoms. The second-order valence-electron chi connectivity index (χ2n) is 4.62. The average molecular weight is 259 g/mol. The van der Waals surface area contributed by atoms with Crippen molar-refractivity contribution in [3.8, 4) is 0 Å². The zero-order valence-corrected chi connectivity index (χ0v) is 10.7. The molecule has 0 aliphatic carbocycles. The fourth-order valence-corrected chi connectivity index (χ4v) is 2.19. The van der Waals surface area contributed by atoms with E-state index in [1.165, 1.54) is 6.08 Å². The first-order valence-electron chi connectivity index (χ1n) is 6.48. The lowest BCUT2D eigenvalue weighted by Crippen LogP contribution is -2.29. The quantitative estimate of drug-likeness (QED) is 0.849. The summed E-state index contributed by atoms with van der Waals surface area (Å²) in [6.45, 7) is 0.767. The van der Waals surface area contributed by atoms with Crippen LogP contribution in [0.4, 0.5) is 5.69 Å². The molecule has 1 fully saturated rings. The maximum absolute atomic E-state index is 11.9. The second-order valence-corrected chi connectivity index (χ2v) is 4.62. The van der Waals surface area contributed by atoms with Crippen LogP contribution in [0.1, 0.15) is 31.2 Å². The third kappa shape index (κ3) is 3.68. The molecule has 2 rings (SSSR count). The predicted octanol–water partition coefficient (Wildman–Crippen LogP) is 2.69. The van der Waals surface area contributed by atoms with Crippen molar-refractivity contribution in [2.75, 3.05) is 11.4 Å². The second kappa shape index (κ2) is 6.18. The highest BCUT2D eigenvalue weighted by molar-refractivity contribution is 5.93. The van der Waals surface area contributed by atoms with Crippen LogP contribution in [0, 0.1) is 0 Å². The molecular formula is C15H17NO3. The fourth-order valence-electron chi connectivity index (χ4n) is 2.19. The summed E-state index contributed by atoms with van der Waals surface area (Å²) in [7, 11) is 0. The number of carbonyl (C=O) groups is 2. The first-order chi connectivity index (χ1) is 9.16. The van der Waals surface area contributed by atoms with Crippen LogP contribution in [0.5, 0.6) is 0 Å². The summed E-state index contributed by atoms with van der Waals surface area (Å²) in [6, 6.07) is 7.38. The van der Waals surface area contributed by atoms with Gasteiger partial charge in [-0.25, -0.2) is 4.79 Å². The van der Waals surface area contributed by atoms with Crippen LogP contribution in [-0.2, 0) is 9.59 Å². The van der Waals surface area contributed by atoms with E-state index in [4.69, 9.17) is 5.11 Å². The predicted molar refractivity (Wildman–Crippen MR) is 73.9 cm³/mol. The van der Waals surface area contributed by atoms with Crippen molar-refractivity contribution < 1.29 is 14.7 Å². The molecule has 1 N–H and O–H groups in total. The maximum Gasteiger partial charge on any atom is 0.328 e. The Morgan fingerprint density at radius 2 is 1.89 bits per heavy atom. The number of nitrogens with zero attached hydrogens (tertiary/aromatic N) is 1. The van der Waals surface area contributed by atoms with Gasteiger partial charge in [-0.3, -0.25) is 4.79 Å². The summed E-state index contributed by atoms with van der Waals surface area (Å²) in [5.74, 6) is -0.793. The summed E-state index contributed by atoms with van der Waals surface area (Å²) >= 11 is 0. The average Bonchev–Trinajstić information content (AvgIpc) is 2.62. The molecule has 1 saturated heterocycles. The Labute approximate surface area is 112 Å². The van der Waals surface area contributed by atoms with Crippen LogP contribution in [0.25, 0.3) is 6.08 Å². The minimum Gasteiger partial charge on any atom is -0.478 e. The number of hydrogen-bond donors (Lipinski definition) is 1. The summed E-state index contributed by atoms with van der Waals surface area (Å²) in [6.07, 6.45) is 6.35. The van der Waals surface area contributed by atoms with Gasteiger partial charge in [0.15, 0.2) is 0 Å². The molecule has 1 aromatic rings. The fraction of sp³-hybridized carbons (Fsp3) is 0.333. The normalized spacial score (nSPS) is 16.6. The van der Waals surface area contributed by atoms with Gasteiger partial charge in [0.2, 0.25) is 5.91 Å². The third-order valence-corrected chi connectivity index (χ3v) is 3.20. The SMILES string of the molecule is O=C(O)C=Cc1ccc(N2CCCCCC2=O)cc1. The van der Waals surface area contributed by atoms with E-state index in [2.05, 4.69) is 0 Å². The number of amides is 1. The van der Waals surface area contributed by atoms with Crippen LogP contribution in [0.2, 0.25) is 0 Å². The van der Waals surface area contributed by atoms with Crippen molar-refractivity contribution in [2.45, 2.75) is 25.7 Å². The first kappa shape index (κ1) is 13.3. The lowest BCUT2D eigenvalue weighted by molar-refractivity contribution is -0.131. The zero-order valence-electron chi connectivity index (χ0n) is 10.7. The number of carboxylic acid groups (broad SMARTS) is 1. The number of rotatable bonds is 3. The van der Waals surface area contributed by atoms with E-state index in [-0.39, 0.29) is 5.91 Å². The van der Waals surface area contributed by atoms with Crippen molar-refractivity contribution in [2.24, 2.45) is 0 Å². The van der Waals surface area contributed by atoms with Crippen molar-refractivity contribution in [3.63, 3.8) is 0 Å². The molecule has 1 aliphatic heterocycles. The van der Waals surface area contributed by atoms with Crippen LogP contribution >= 0.6 is 0 Å². The first-order valence-corrected chi connectivity index (χ1v) is 6.48. The highest BCUT2D eigenvalue weighted by atomic mass is 16.4. The Morgan fingerprint density at radius 1 is 1.16 bits per heavy atom. The van der Waals surface area contributed by atoms with Gasteiger partial charge in [-0.05, 0) is 36.6 Å². The molecule has 1 amide bonds. The Bertz CT molecular complexity index is 491. The minimum absolute atomic E-state index is 0.173. The van der Waals surface area contributed by atoms with Crippen molar-refractivity contribution in [1.82, 2.24) is 0 Å². The summed E-state index contributed by atoms with van der Waals surface area (Å²) in [5, 5.41) is 8.56. The van der Waals surface area contributed by atoms with E-state index in [9.17, 15) is 9.59 Å². The topological polar surface area (TPSA) is 57.6 Å². The minimum atomic E-state index is -0.966. The van der Waals surface area contributed by atoms with Gasteiger partial charge in [0, 0.05) is 24.7 Å². The molecule has 1 aliphatic rings. The maximum atomic E-state index is 11.9. The van der Waals surface area contributed by atoms with E-state index >= 15 is 0 Å². The molecule has 1 heterocycles. The van der Waals surface area contributed by atoms with Gasteiger partial charge < -0.3 is 10.0 Å². The monoisotopic (exact) mass is 259 g/mol. The van der Waals surface area contributed by atoms with E-state index in [1.54, 1.807) is 0 Å². The van der Waals surface area contributed by atoms with Gasteiger partial charge in [-0.1, -0.05) is 18.6 Å². The van der Waals surface area contributed by atoms with Gasteiger partial charge in [-0.2, -0.15) is 0 Å². The molecule has 0 bridgehead atoms. The number of hydrogen-bond acceptors (Lipinski definition) is 2. The zero-order chi connectivity index (χ0) is 13.7. The smallest absolute Gasteiger partial charge is 0.328 e.